The molecule has 0 bridgehead atoms. The van der Waals surface area contributed by atoms with Crippen molar-refractivity contribution in [3.05, 3.63) is 30.1 Å². The number of ether oxygens (including phenoxy) is 1. The molecule has 12 heavy (non-hydrogen) atoms. The molecule has 0 aliphatic rings. The predicted molar refractivity (Wildman–Crippen MR) is 46.1 cm³/mol. The molecule has 0 fully saturated rings. The maximum absolute atomic E-state index is 12.8. The summed E-state index contributed by atoms with van der Waals surface area (Å²) in [5.41, 5.74) is 0. The van der Waals surface area contributed by atoms with Gasteiger partial charge in [0.1, 0.15) is 0 Å². The van der Waals surface area contributed by atoms with E-state index in [1.54, 1.807) is 12.1 Å². The second kappa shape index (κ2) is 4.99. The third-order valence-electron chi connectivity index (χ3n) is 1.31. The van der Waals surface area contributed by atoms with Gasteiger partial charge in [0, 0.05) is 11.9 Å². The van der Waals surface area contributed by atoms with Crippen molar-refractivity contribution < 1.29 is 9.13 Å². The van der Waals surface area contributed by atoms with Gasteiger partial charge in [-0.15, -0.1) is 11.6 Å². The van der Waals surface area contributed by atoms with E-state index in [2.05, 4.69) is 6.07 Å². The Bertz CT molecular complexity index is 240. The zero-order valence-electron chi connectivity index (χ0n) is 6.52. The van der Waals surface area contributed by atoms with E-state index in [0.29, 0.717) is 12.5 Å². The molecule has 65 valence electrons. The summed E-state index contributed by atoms with van der Waals surface area (Å²) in [5.74, 6) is 0.313. The van der Waals surface area contributed by atoms with E-state index in [-0.39, 0.29) is 5.75 Å². The lowest BCUT2D eigenvalue weighted by Gasteiger charge is -2.04. The molecular formula is C9H9ClFO. The Hall–Kier alpha value is -0.760. The van der Waals surface area contributed by atoms with Crippen LogP contribution in [0.25, 0.3) is 0 Å². The van der Waals surface area contributed by atoms with Crippen LogP contribution in [0.4, 0.5) is 4.39 Å². The first-order chi connectivity index (χ1) is 5.84. The third kappa shape index (κ3) is 2.70. The molecular weight excluding hydrogens is 179 g/mol. The zero-order chi connectivity index (χ0) is 8.81. The van der Waals surface area contributed by atoms with Gasteiger partial charge in [0.25, 0.3) is 0 Å². The van der Waals surface area contributed by atoms with Gasteiger partial charge < -0.3 is 4.74 Å². The van der Waals surface area contributed by atoms with Crippen molar-refractivity contribution in [2.24, 2.45) is 0 Å². The third-order valence-corrected chi connectivity index (χ3v) is 1.57. The minimum absolute atomic E-state index is 0.239. The van der Waals surface area contributed by atoms with Crippen molar-refractivity contribution in [1.82, 2.24) is 0 Å². The fourth-order valence-electron chi connectivity index (χ4n) is 0.749. The highest BCUT2D eigenvalue weighted by molar-refractivity contribution is 6.17. The van der Waals surface area contributed by atoms with Gasteiger partial charge in [-0.2, -0.15) is 0 Å². The molecule has 0 saturated heterocycles. The monoisotopic (exact) mass is 187 g/mol. The number of rotatable bonds is 4. The minimum Gasteiger partial charge on any atom is -0.490 e. The molecule has 1 aromatic carbocycles. The summed E-state index contributed by atoms with van der Waals surface area (Å²) in [6.07, 6.45) is 0.718. The summed E-state index contributed by atoms with van der Waals surface area (Å²) in [5, 5.41) is 0. The maximum atomic E-state index is 12.8. The van der Waals surface area contributed by atoms with Crippen molar-refractivity contribution in [2.75, 3.05) is 12.5 Å². The van der Waals surface area contributed by atoms with Crippen molar-refractivity contribution in [3.8, 4) is 5.75 Å². The normalized spacial score (nSPS) is 9.83. The first-order valence-electron chi connectivity index (χ1n) is 3.69. The molecule has 0 N–H and O–H groups in total. The number of hydrogen-bond acceptors (Lipinski definition) is 1. The summed E-state index contributed by atoms with van der Waals surface area (Å²) < 4.78 is 17.9. The average molecular weight is 188 g/mol. The van der Waals surface area contributed by atoms with Gasteiger partial charge in [0.05, 0.1) is 6.61 Å². The number of alkyl halides is 1. The summed E-state index contributed by atoms with van der Waals surface area (Å²) >= 11 is 5.43. The topological polar surface area (TPSA) is 9.23 Å². The molecule has 0 saturated carbocycles. The molecule has 0 aliphatic heterocycles. The van der Waals surface area contributed by atoms with E-state index in [9.17, 15) is 4.39 Å². The highest BCUT2D eigenvalue weighted by Crippen LogP contribution is 2.14. The van der Waals surface area contributed by atoms with Gasteiger partial charge in [0.2, 0.25) is 0 Å². The zero-order valence-corrected chi connectivity index (χ0v) is 7.27. The van der Waals surface area contributed by atoms with E-state index in [4.69, 9.17) is 16.3 Å². The standard InChI is InChI=1S/C9H9ClFO/c10-6-3-7-12-9-5-2-1-4-8(9)11/h1-2,5H,3,6-7H2. The molecule has 1 radical (unpaired) electrons. The summed E-state index contributed by atoms with van der Waals surface area (Å²) in [6.45, 7) is 0.443. The number of halogens is 2. The Labute approximate surface area is 76.1 Å². The highest BCUT2D eigenvalue weighted by Gasteiger charge is 1.99. The minimum atomic E-state index is -0.452. The van der Waals surface area contributed by atoms with Gasteiger partial charge in [-0.05, 0) is 12.5 Å². The van der Waals surface area contributed by atoms with Crippen molar-refractivity contribution in [1.29, 1.82) is 0 Å². The van der Waals surface area contributed by atoms with Crippen LogP contribution in [-0.4, -0.2) is 12.5 Å². The van der Waals surface area contributed by atoms with E-state index in [0.717, 1.165) is 6.42 Å². The van der Waals surface area contributed by atoms with Crippen molar-refractivity contribution in [2.45, 2.75) is 6.42 Å². The smallest absolute Gasteiger partial charge is 0.172 e. The lowest BCUT2D eigenvalue weighted by atomic mass is 10.3. The largest absolute Gasteiger partial charge is 0.490 e. The van der Waals surface area contributed by atoms with Gasteiger partial charge in [-0.3, -0.25) is 0 Å². The molecule has 0 aliphatic carbocycles. The van der Waals surface area contributed by atoms with E-state index < -0.39 is 5.82 Å². The fourth-order valence-corrected chi connectivity index (χ4v) is 0.858. The van der Waals surface area contributed by atoms with Gasteiger partial charge in [-0.25, -0.2) is 4.39 Å². The van der Waals surface area contributed by atoms with Gasteiger partial charge in [-0.1, -0.05) is 12.1 Å². The first-order valence-corrected chi connectivity index (χ1v) is 4.23. The summed E-state index contributed by atoms with van der Waals surface area (Å²) in [7, 11) is 0. The van der Waals surface area contributed by atoms with Crippen LogP contribution >= 0.6 is 11.6 Å². The average Bonchev–Trinajstić information content (AvgIpc) is 2.09. The molecule has 1 rings (SSSR count). The van der Waals surface area contributed by atoms with Gasteiger partial charge >= 0.3 is 0 Å². The van der Waals surface area contributed by atoms with Gasteiger partial charge in [0.15, 0.2) is 11.6 Å². The molecule has 0 amide bonds. The lowest BCUT2D eigenvalue weighted by Crippen LogP contribution is -1.99. The quantitative estimate of drug-likeness (QED) is 0.520. The van der Waals surface area contributed by atoms with E-state index in [1.807, 2.05) is 0 Å². The Balaban J connectivity index is 2.46. The van der Waals surface area contributed by atoms with Crippen molar-refractivity contribution >= 4 is 11.6 Å². The molecule has 0 atom stereocenters. The fraction of sp³-hybridized carbons (Fsp3) is 0.333. The molecule has 0 unspecified atom stereocenters. The molecule has 0 aromatic heterocycles. The molecule has 1 aromatic rings. The second-order valence-electron chi connectivity index (χ2n) is 2.24. The van der Waals surface area contributed by atoms with Crippen LogP contribution in [0, 0.1) is 11.9 Å². The van der Waals surface area contributed by atoms with Crippen LogP contribution in [0.2, 0.25) is 0 Å². The molecule has 0 spiro atoms. The Kier molecular flexibility index (Phi) is 3.88. The van der Waals surface area contributed by atoms with Crippen LogP contribution in [0.3, 0.4) is 0 Å². The van der Waals surface area contributed by atoms with Crippen LogP contribution in [-0.2, 0) is 0 Å². The van der Waals surface area contributed by atoms with E-state index in [1.165, 1.54) is 6.07 Å². The van der Waals surface area contributed by atoms with Crippen molar-refractivity contribution in [3.63, 3.8) is 0 Å². The Morgan fingerprint density at radius 3 is 3.08 bits per heavy atom. The maximum Gasteiger partial charge on any atom is 0.172 e. The Morgan fingerprint density at radius 1 is 1.58 bits per heavy atom. The molecule has 1 nitrogen and oxygen atoms in total. The SMILES string of the molecule is Fc1[c]cccc1OCCCCl. The number of hydrogen-bond donors (Lipinski definition) is 0. The van der Waals surface area contributed by atoms with Crippen LogP contribution < -0.4 is 4.74 Å². The second-order valence-corrected chi connectivity index (χ2v) is 2.62. The lowest BCUT2D eigenvalue weighted by molar-refractivity contribution is 0.302. The van der Waals surface area contributed by atoms with E-state index >= 15 is 0 Å². The molecule has 0 heterocycles. The highest BCUT2D eigenvalue weighted by atomic mass is 35.5. The van der Waals surface area contributed by atoms with Crippen LogP contribution in [0.15, 0.2) is 18.2 Å². The first kappa shape index (κ1) is 9.33. The summed E-state index contributed by atoms with van der Waals surface area (Å²) in [4.78, 5) is 0. The van der Waals surface area contributed by atoms with Crippen LogP contribution in [0.5, 0.6) is 5.75 Å². The van der Waals surface area contributed by atoms with Crippen LogP contribution in [0.1, 0.15) is 6.42 Å². The summed E-state index contributed by atoms with van der Waals surface area (Å²) in [6, 6.07) is 7.16. The molecule has 3 heteroatoms. The Morgan fingerprint density at radius 2 is 2.42 bits per heavy atom. The number of benzene rings is 1. The predicted octanol–water partition coefficient (Wildman–Crippen LogP) is 2.63.